The summed E-state index contributed by atoms with van der Waals surface area (Å²) in [7, 11) is -3.20. The highest BCUT2D eigenvalue weighted by atomic mass is 32.2. The molecule has 0 radical (unpaired) electrons. The van der Waals surface area contributed by atoms with Gasteiger partial charge in [0.1, 0.15) is 0 Å². The molecule has 90 valence electrons. The number of aliphatic hydroxyl groups is 1. The molecular weight excluding hydrogens is 226 g/mol. The maximum atomic E-state index is 11.8. The molecule has 1 rings (SSSR count). The number of hydrogen-bond donors (Lipinski definition) is 1. The first-order chi connectivity index (χ1) is 7.35. The van der Waals surface area contributed by atoms with E-state index in [0.29, 0.717) is 5.56 Å². The highest BCUT2D eigenvalue weighted by Crippen LogP contribution is 2.19. The SMILES string of the molecule is CC(C)(CO)CS(=O)(=O)Cc1cccnc1. The van der Waals surface area contributed by atoms with Crippen LogP contribution in [-0.4, -0.2) is 30.9 Å². The quantitative estimate of drug-likeness (QED) is 0.838. The zero-order valence-corrected chi connectivity index (χ0v) is 10.4. The Morgan fingerprint density at radius 1 is 1.44 bits per heavy atom. The second-order valence-electron chi connectivity index (χ2n) is 4.72. The van der Waals surface area contributed by atoms with E-state index in [2.05, 4.69) is 4.98 Å². The van der Waals surface area contributed by atoms with Gasteiger partial charge in [0.05, 0.1) is 11.5 Å². The van der Waals surface area contributed by atoms with E-state index in [0.717, 1.165) is 0 Å². The second kappa shape index (κ2) is 4.93. The van der Waals surface area contributed by atoms with Crippen LogP contribution in [0.5, 0.6) is 0 Å². The van der Waals surface area contributed by atoms with Crippen molar-refractivity contribution >= 4 is 9.84 Å². The molecule has 0 aromatic carbocycles. The van der Waals surface area contributed by atoms with Crippen molar-refractivity contribution in [1.29, 1.82) is 0 Å². The number of sulfone groups is 1. The van der Waals surface area contributed by atoms with Crippen LogP contribution in [-0.2, 0) is 15.6 Å². The fourth-order valence-electron chi connectivity index (χ4n) is 1.43. The lowest BCUT2D eigenvalue weighted by Gasteiger charge is -2.21. The number of nitrogens with zero attached hydrogens (tertiary/aromatic N) is 1. The standard InChI is InChI=1S/C11H17NO3S/c1-11(2,8-13)9-16(14,15)7-10-4-3-5-12-6-10/h3-6,13H,7-9H2,1-2H3. The van der Waals surface area contributed by atoms with Crippen molar-refractivity contribution in [3.8, 4) is 0 Å². The topological polar surface area (TPSA) is 67.3 Å². The predicted octanol–water partition coefficient (Wildman–Crippen LogP) is 1.01. The van der Waals surface area contributed by atoms with Gasteiger partial charge in [0.2, 0.25) is 0 Å². The predicted molar refractivity (Wildman–Crippen MR) is 62.6 cm³/mol. The van der Waals surface area contributed by atoms with E-state index in [4.69, 9.17) is 5.11 Å². The molecular formula is C11H17NO3S. The molecule has 1 N–H and O–H groups in total. The molecule has 0 bridgehead atoms. The molecule has 0 aliphatic heterocycles. The van der Waals surface area contributed by atoms with Gasteiger partial charge in [-0.3, -0.25) is 4.98 Å². The fraction of sp³-hybridized carbons (Fsp3) is 0.545. The minimum Gasteiger partial charge on any atom is -0.396 e. The van der Waals surface area contributed by atoms with Crippen LogP contribution in [0.1, 0.15) is 19.4 Å². The first-order valence-corrected chi connectivity index (χ1v) is 6.87. The third-order valence-electron chi connectivity index (χ3n) is 2.15. The lowest BCUT2D eigenvalue weighted by molar-refractivity contribution is 0.179. The largest absolute Gasteiger partial charge is 0.396 e. The Hall–Kier alpha value is -0.940. The van der Waals surface area contributed by atoms with Crippen LogP contribution >= 0.6 is 0 Å². The second-order valence-corrected chi connectivity index (χ2v) is 6.78. The molecule has 0 atom stereocenters. The Labute approximate surface area is 96.3 Å². The molecule has 0 amide bonds. The molecule has 1 aromatic heterocycles. The lowest BCUT2D eigenvalue weighted by Crippen LogP contribution is -2.28. The van der Waals surface area contributed by atoms with Crippen LogP contribution in [0.25, 0.3) is 0 Å². The van der Waals surface area contributed by atoms with Gasteiger partial charge < -0.3 is 5.11 Å². The van der Waals surface area contributed by atoms with E-state index in [1.54, 1.807) is 38.4 Å². The first-order valence-electron chi connectivity index (χ1n) is 5.05. The lowest BCUT2D eigenvalue weighted by atomic mass is 9.98. The minimum atomic E-state index is -3.20. The van der Waals surface area contributed by atoms with E-state index in [1.807, 2.05) is 0 Å². The molecule has 0 aliphatic carbocycles. The maximum Gasteiger partial charge on any atom is 0.155 e. The highest BCUT2D eigenvalue weighted by molar-refractivity contribution is 7.90. The van der Waals surface area contributed by atoms with E-state index in [1.165, 1.54) is 0 Å². The monoisotopic (exact) mass is 243 g/mol. The first kappa shape index (κ1) is 13.1. The molecule has 1 aromatic rings. The number of rotatable bonds is 5. The average Bonchev–Trinajstić information content (AvgIpc) is 2.17. The summed E-state index contributed by atoms with van der Waals surface area (Å²) in [5.74, 6) is -0.0460. The van der Waals surface area contributed by atoms with Crippen molar-refractivity contribution in [2.24, 2.45) is 5.41 Å². The van der Waals surface area contributed by atoms with Crippen molar-refractivity contribution in [2.75, 3.05) is 12.4 Å². The van der Waals surface area contributed by atoms with E-state index >= 15 is 0 Å². The molecule has 16 heavy (non-hydrogen) atoms. The van der Waals surface area contributed by atoms with Gasteiger partial charge in [0, 0.05) is 24.4 Å². The Morgan fingerprint density at radius 3 is 2.62 bits per heavy atom. The minimum absolute atomic E-state index is 0.0224. The van der Waals surface area contributed by atoms with Gasteiger partial charge >= 0.3 is 0 Å². The van der Waals surface area contributed by atoms with E-state index < -0.39 is 15.3 Å². The number of aliphatic hydroxyl groups excluding tert-OH is 1. The summed E-state index contributed by atoms with van der Waals surface area (Å²) in [4.78, 5) is 3.87. The molecule has 0 fully saturated rings. The fourth-order valence-corrected chi connectivity index (χ4v) is 3.49. The number of hydrogen-bond acceptors (Lipinski definition) is 4. The van der Waals surface area contributed by atoms with Crippen molar-refractivity contribution in [3.05, 3.63) is 30.1 Å². The van der Waals surface area contributed by atoms with Crippen LogP contribution in [0, 0.1) is 5.41 Å². The third-order valence-corrected chi connectivity index (χ3v) is 4.14. The van der Waals surface area contributed by atoms with Gasteiger partial charge in [-0.2, -0.15) is 0 Å². The summed E-state index contributed by atoms with van der Waals surface area (Å²) < 4.78 is 23.7. The Bertz CT molecular complexity index is 426. The Kier molecular flexibility index (Phi) is 4.04. The Balaban J connectivity index is 2.74. The zero-order valence-electron chi connectivity index (χ0n) is 9.55. The summed E-state index contributed by atoms with van der Waals surface area (Å²) in [6.07, 6.45) is 3.15. The summed E-state index contributed by atoms with van der Waals surface area (Å²) in [6.45, 7) is 3.32. The Morgan fingerprint density at radius 2 is 2.12 bits per heavy atom. The summed E-state index contributed by atoms with van der Waals surface area (Å²) in [5, 5.41) is 9.05. The molecule has 5 heteroatoms. The van der Waals surface area contributed by atoms with Gasteiger partial charge in [0.25, 0.3) is 0 Å². The maximum absolute atomic E-state index is 11.8. The van der Waals surface area contributed by atoms with Gasteiger partial charge in [-0.05, 0) is 11.6 Å². The number of aromatic nitrogens is 1. The van der Waals surface area contributed by atoms with Crippen molar-refractivity contribution < 1.29 is 13.5 Å². The summed E-state index contributed by atoms with van der Waals surface area (Å²) >= 11 is 0. The summed E-state index contributed by atoms with van der Waals surface area (Å²) in [5.41, 5.74) is 0.0809. The molecule has 0 unspecified atom stereocenters. The van der Waals surface area contributed by atoms with Crippen molar-refractivity contribution in [1.82, 2.24) is 4.98 Å². The van der Waals surface area contributed by atoms with Gasteiger partial charge in [-0.15, -0.1) is 0 Å². The zero-order chi connectivity index (χ0) is 12.2. The van der Waals surface area contributed by atoms with E-state index in [9.17, 15) is 8.42 Å². The molecule has 0 saturated carbocycles. The number of pyridine rings is 1. The normalized spacial score (nSPS) is 12.7. The smallest absolute Gasteiger partial charge is 0.155 e. The van der Waals surface area contributed by atoms with Crippen LogP contribution in [0.2, 0.25) is 0 Å². The molecule has 0 saturated heterocycles. The third kappa shape index (κ3) is 4.28. The van der Waals surface area contributed by atoms with Crippen molar-refractivity contribution in [2.45, 2.75) is 19.6 Å². The van der Waals surface area contributed by atoms with Crippen LogP contribution < -0.4 is 0 Å². The van der Waals surface area contributed by atoms with Crippen LogP contribution in [0.15, 0.2) is 24.5 Å². The highest BCUT2D eigenvalue weighted by Gasteiger charge is 2.25. The molecule has 0 aliphatic rings. The van der Waals surface area contributed by atoms with Gasteiger partial charge in [-0.25, -0.2) is 8.42 Å². The van der Waals surface area contributed by atoms with Gasteiger partial charge in [-0.1, -0.05) is 19.9 Å². The van der Waals surface area contributed by atoms with E-state index in [-0.39, 0.29) is 18.1 Å². The summed E-state index contributed by atoms with van der Waals surface area (Å²) in [6, 6.07) is 3.44. The molecule has 4 nitrogen and oxygen atoms in total. The molecule has 0 spiro atoms. The van der Waals surface area contributed by atoms with Crippen molar-refractivity contribution in [3.63, 3.8) is 0 Å². The molecule has 1 heterocycles. The van der Waals surface area contributed by atoms with Gasteiger partial charge in [0.15, 0.2) is 9.84 Å². The average molecular weight is 243 g/mol. The van der Waals surface area contributed by atoms with Crippen LogP contribution in [0.4, 0.5) is 0 Å². The van der Waals surface area contributed by atoms with Crippen LogP contribution in [0.3, 0.4) is 0 Å².